The van der Waals surface area contributed by atoms with E-state index < -0.39 is 6.04 Å². The Labute approximate surface area is 160 Å². The molecule has 27 heavy (non-hydrogen) atoms. The fourth-order valence-corrected chi connectivity index (χ4v) is 4.82. The lowest BCUT2D eigenvalue weighted by atomic mass is 10.1. The van der Waals surface area contributed by atoms with E-state index in [1.165, 1.54) is 0 Å². The average molecular weight is 371 g/mol. The highest BCUT2D eigenvalue weighted by atomic mass is 16.5. The standard InChI is InChI=1S/C21H29N3O3/c1-15-14-18(21(26)24(15)17-6-3-2-4-7-17)22-20(25)19-8-5-11-23(19)16-9-12-27-13-10-16/h2-4,6-7,15-16,18-19H,5,8-14H2,1H3,(H,22,25)/t15-,18+,19-/m1/s1. The van der Waals surface area contributed by atoms with Gasteiger partial charge in [0.25, 0.3) is 0 Å². The molecular formula is C21H29N3O3. The summed E-state index contributed by atoms with van der Waals surface area (Å²) in [5.41, 5.74) is 0.899. The van der Waals surface area contributed by atoms with Gasteiger partial charge in [-0.05, 0) is 57.7 Å². The molecule has 0 saturated carbocycles. The Balaban J connectivity index is 1.41. The third-order valence-corrected chi connectivity index (χ3v) is 6.16. The summed E-state index contributed by atoms with van der Waals surface area (Å²) in [6, 6.07) is 9.68. The van der Waals surface area contributed by atoms with E-state index in [0.29, 0.717) is 12.5 Å². The summed E-state index contributed by atoms with van der Waals surface area (Å²) < 4.78 is 5.46. The first-order valence-corrected chi connectivity index (χ1v) is 10.2. The summed E-state index contributed by atoms with van der Waals surface area (Å²) in [5.74, 6) is 0.0112. The zero-order valence-electron chi connectivity index (χ0n) is 16.0. The smallest absolute Gasteiger partial charge is 0.249 e. The van der Waals surface area contributed by atoms with E-state index in [1.807, 2.05) is 42.2 Å². The number of hydrogen-bond acceptors (Lipinski definition) is 4. The first kappa shape index (κ1) is 18.4. The van der Waals surface area contributed by atoms with Crippen LogP contribution in [0.15, 0.2) is 30.3 Å². The summed E-state index contributed by atoms with van der Waals surface area (Å²) in [4.78, 5) is 30.1. The lowest BCUT2D eigenvalue weighted by molar-refractivity contribution is -0.130. The summed E-state index contributed by atoms with van der Waals surface area (Å²) >= 11 is 0. The summed E-state index contributed by atoms with van der Waals surface area (Å²) in [6.45, 7) is 4.56. The molecule has 0 radical (unpaired) electrons. The SMILES string of the molecule is C[C@@H]1C[C@H](NC(=O)[C@H]2CCCN2C2CCOCC2)C(=O)N1c1ccccc1. The van der Waals surface area contributed by atoms with E-state index in [-0.39, 0.29) is 23.9 Å². The van der Waals surface area contributed by atoms with Gasteiger partial charge in [-0.1, -0.05) is 18.2 Å². The minimum Gasteiger partial charge on any atom is -0.381 e. The van der Waals surface area contributed by atoms with Crippen LogP contribution in [0.3, 0.4) is 0 Å². The second kappa shape index (κ2) is 7.98. The largest absolute Gasteiger partial charge is 0.381 e. The minimum atomic E-state index is -0.426. The van der Waals surface area contributed by atoms with Crippen LogP contribution in [-0.4, -0.2) is 60.6 Å². The summed E-state index contributed by atoms with van der Waals surface area (Å²) in [5, 5.41) is 3.07. The van der Waals surface area contributed by atoms with Crippen molar-refractivity contribution in [3.8, 4) is 0 Å². The molecule has 4 rings (SSSR count). The van der Waals surface area contributed by atoms with Gasteiger partial charge >= 0.3 is 0 Å². The van der Waals surface area contributed by atoms with E-state index in [1.54, 1.807) is 0 Å². The lowest BCUT2D eigenvalue weighted by Crippen LogP contribution is -2.52. The molecule has 6 nitrogen and oxygen atoms in total. The Kier molecular flexibility index (Phi) is 5.45. The number of carbonyl (C=O) groups is 2. The number of para-hydroxylation sites is 1. The third kappa shape index (κ3) is 3.73. The topological polar surface area (TPSA) is 61.9 Å². The van der Waals surface area contributed by atoms with Crippen LogP contribution in [0.25, 0.3) is 0 Å². The van der Waals surface area contributed by atoms with Crippen molar-refractivity contribution >= 4 is 17.5 Å². The second-order valence-corrected chi connectivity index (χ2v) is 7.93. The van der Waals surface area contributed by atoms with Gasteiger partial charge in [0.1, 0.15) is 6.04 Å². The molecule has 3 aliphatic heterocycles. The van der Waals surface area contributed by atoms with Gasteiger partial charge in [-0.2, -0.15) is 0 Å². The molecule has 3 heterocycles. The average Bonchev–Trinajstić information content (AvgIpc) is 3.28. The van der Waals surface area contributed by atoms with Crippen LogP contribution in [0.1, 0.15) is 39.0 Å². The third-order valence-electron chi connectivity index (χ3n) is 6.16. The maximum Gasteiger partial charge on any atom is 0.249 e. The van der Waals surface area contributed by atoms with E-state index >= 15 is 0 Å². The molecule has 1 N–H and O–H groups in total. The number of amides is 2. The zero-order chi connectivity index (χ0) is 18.8. The number of nitrogens with one attached hydrogen (secondary N) is 1. The Morgan fingerprint density at radius 2 is 1.89 bits per heavy atom. The number of ether oxygens (including phenoxy) is 1. The van der Waals surface area contributed by atoms with Crippen molar-refractivity contribution < 1.29 is 14.3 Å². The fraction of sp³-hybridized carbons (Fsp3) is 0.619. The van der Waals surface area contributed by atoms with Gasteiger partial charge in [-0.3, -0.25) is 14.5 Å². The maximum absolute atomic E-state index is 13.0. The molecule has 1 aromatic rings. The number of nitrogens with zero attached hydrogens (tertiary/aromatic N) is 2. The van der Waals surface area contributed by atoms with Crippen LogP contribution < -0.4 is 10.2 Å². The summed E-state index contributed by atoms with van der Waals surface area (Å²) in [6.07, 6.45) is 4.56. The molecular weight excluding hydrogens is 342 g/mol. The Hall–Kier alpha value is -1.92. The highest BCUT2D eigenvalue weighted by Crippen LogP contribution is 2.28. The number of benzene rings is 1. The molecule has 2 amide bonds. The summed E-state index contributed by atoms with van der Waals surface area (Å²) in [7, 11) is 0. The van der Waals surface area contributed by atoms with Crippen molar-refractivity contribution in [1.29, 1.82) is 0 Å². The van der Waals surface area contributed by atoms with Gasteiger partial charge < -0.3 is 15.0 Å². The minimum absolute atomic E-state index is 0.00216. The zero-order valence-corrected chi connectivity index (χ0v) is 16.0. The van der Waals surface area contributed by atoms with E-state index in [0.717, 1.165) is 51.1 Å². The monoisotopic (exact) mass is 371 g/mol. The molecule has 0 bridgehead atoms. The van der Waals surface area contributed by atoms with Crippen LogP contribution in [-0.2, 0) is 14.3 Å². The maximum atomic E-state index is 13.0. The van der Waals surface area contributed by atoms with Gasteiger partial charge in [0.05, 0.1) is 6.04 Å². The molecule has 0 unspecified atom stereocenters. The number of hydrogen-bond donors (Lipinski definition) is 1. The lowest BCUT2D eigenvalue weighted by Gasteiger charge is -2.35. The molecule has 146 valence electrons. The van der Waals surface area contributed by atoms with Gasteiger partial charge in [-0.15, -0.1) is 0 Å². The van der Waals surface area contributed by atoms with Crippen LogP contribution in [0, 0.1) is 0 Å². The van der Waals surface area contributed by atoms with Crippen molar-refractivity contribution in [2.45, 2.75) is 63.2 Å². The Bertz CT molecular complexity index is 675. The van der Waals surface area contributed by atoms with Crippen LogP contribution >= 0.6 is 0 Å². The normalized spacial score (nSPS) is 30.0. The number of carbonyl (C=O) groups excluding carboxylic acids is 2. The Morgan fingerprint density at radius 1 is 1.15 bits per heavy atom. The van der Waals surface area contributed by atoms with Crippen LogP contribution in [0.5, 0.6) is 0 Å². The highest BCUT2D eigenvalue weighted by molar-refractivity contribution is 6.02. The van der Waals surface area contributed by atoms with Crippen molar-refractivity contribution in [2.75, 3.05) is 24.7 Å². The molecule has 3 saturated heterocycles. The predicted octanol–water partition coefficient (Wildman–Crippen LogP) is 1.94. The van der Waals surface area contributed by atoms with Crippen molar-refractivity contribution in [1.82, 2.24) is 10.2 Å². The second-order valence-electron chi connectivity index (χ2n) is 7.93. The first-order valence-electron chi connectivity index (χ1n) is 10.2. The Morgan fingerprint density at radius 3 is 2.63 bits per heavy atom. The number of likely N-dealkylation sites (tertiary alicyclic amines) is 1. The van der Waals surface area contributed by atoms with Crippen molar-refractivity contribution in [3.63, 3.8) is 0 Å². The fourth-order valence-electron chi connectivity index (χ4n) is 4.82. The van der Waals surface area contributed by atoms with Gasteiger partial charge in [0.2, 0.25) is 11.8 Å². The highest BCUT2D eigenvalue weighted by Gasteiger charge is 2.42. The van der Waals surface area contributed by atoms with Crippen molar-refractivity contribution in [3.05, 3.63) is 30.3 Å². The molecule has 0 spiro atoms. The van der Waals surface area contributed by atoms with Crippen molar-refractivity contribution in [2.24, 2.45) is 0 Å². The molecule has 3 fully saturated rings. The quantitative estimate of drug-likeness (QED) is 0.879. The van der Waals surface area contributed by atoms with Gasteiger partial charge in [0, 0.05) is 31.0 Å². The van der Waals surface area contributed by atoms with E-state index in [9.17, 15) is 9.59 Å². The first-order chi connectivity index (χ1) is 13.1. The molecule has 3 aliphatic rings. The molecule has 0 aliphatic carbocycles. The van der Waals surface area contributed by atoms with E-state index in [2.05, 4.69) is 10.2 Å². The van der Waals surface area contributed by atoms with Crippen LogP contribution in [0.2, 0.25) is 0 Å². The number of rotatable bonds is 4. The molecule has 3 atom stereocenters. The molecule has 1 aromatic carbocycles. The van der Waals surface area contributed by atoms with Gasteiger partial charge in [-0.25, -0.2) is 0 Å². The molecule has 0 aromatic heterocycles. The number of anilines is 1. The van der Waals surface area contributed by atoms with Crippen LogP contribution in [0.4, 0.5) is 5.69 Å². The van der Waals surface area contributed by atoms with Gasteiger partial charge in [0.15, 0.2) is 0 Å². The predicted molar refractivity (Wildman–Crippen MR) is 104 cm³/mol. The molecule has 6 heteroatoms. The van der Waals surface area contributed by atoms with E-state index in [4.69, 9.17) is 4.74 Å².